The summed E-state index contributed by atoms with van der Waals surface area (Å²) in [6.45, 7) is 5.89. The van der Waals surface area contributed by atoms with Crippen molar-refractivity contribution in [3.8, 4) is 0 Å². The molecule has 1 aromatic rings. The van der Waals surface area contributed by atoms with Crippen molar-refractivity contribution in [2.75, 3.05) is 0 Å². The Morgan fingerprint density at radius 2 is 2.00 bits per heavy atom. The molecular formula is C9H12O2. The second-order valence-electron chi connectivity index (χ2n) is 3.01. The lowest BCUT2D eigenvalue weighted by Gasteiger charge is -2.02. The zero-order valence-corrected chi connectivity index (χ0v) is 7.05. The summed E-state index contributed by atoms with van der Waals surface area (Å²) in [4.78, 5) is 10.8. The third kappa shape index (κ3) is 1.93. The smallest absolute Gasteiger partial charge is 0.336 e. The molecule has 0 spiro atoms. The molecule has 1 heterocycles. The van der Waals surface area contributed by atoms with Crippen LogP contribution in [0.25, 0.3) is 0 Å². The predicted molar refractivity (Wildman–Crippen MR) is 43.8 cm³/mol. The van der Waals surface area contributed by atoms with E-state index >= 15 is 0 Å². The standard InChI is InChI=1S/C9H12O2/c1-6(2)8-4-7(3)5-9(10)11-8/h4-6H,1-3H3. The van der Waals surface area contributed by atoms with E-state index in [1.807, 2.05) is 26.8 Å². The fourth-order valence-corrected chi connectivity index (χ4v) is 0.912. The summed E-state index contributed by atoms with van der Waals surface area (Å²) in [5, 5.41) is 0. The minimum atomic E-state index is -0.256. The van der Waals surface area contributed by atoms with E-state index in [0.29, 0.717) is 0 Å². The van der Waals surface area contributed by atoms with Crippen LogP contribution < -0.4 is 5.63 Å². The van der Waals surface area contributed by atoms with Crippen molar-refractivity contribution in [3.05, 3.63) is 33.9 Å². The third-order valence-corrected chi connectivity index (χ3v) is 1.50. The average Bonchev–Trinajstić information content (AvgIpc) is 1.85. The lowest BCUT2D eigenvalue weighted by atomic mass is 10.1. The Bertz CT molecular complexity index is 297. The van der Waals surface area contributed by atoms with Crippen molar-refractivity contribution in [1.82, 2.24) is 0 Å². The van der Waals surface area contributed by atoms with Crippen molar-refractivity contribution >= 4 is 0 Å². The first-order chi connectivity index (χ1) is 5.09. The topological polar surface area (TPSA) is 30.2 Å². The second-order valence-corrected chi connectivity index (χ2v) is 3.01. The van der Waals surface area contributed by atoms with Crippen LogP contribution in [0.2, 0.25) is 0 Å². The van der Waals surface area contributed by atoms with Crippen LogP contribution in [0.5, 0.6) is 0 Å². The fourth-order valence-electron chi connectivity index (χ4n) is 0.912. The molecular weight excluding hydrogens is 140 g/mol. The highest BCUT2D eigenvalue weighted by Gasteiger charge is 2.02. The molecule has 0 aliphatic carbocycles. The maximum absolute atomic E-state index is 10.8. The summed E-state index contributed by atoms with van der Waals surface area (Å²) in [5.41, 5.74) is 0.707. The predicted octanol–water partition coefficient (Wildman–Crippen LogP) is 2.07. The van der Waals surface area contributed by atoms with E-state index < -0.39 is 0 Å². The summed E-state index contributed by atoms with van der Waals surface area (Å²) in [7, 11) is 0. The maximum Gasteiger partial charge on any atom is 0.336 e. The van der Waals surface area contributed by atoms with Crippen molar-refractivity contribution in [2.24, 2.45) is 0 Å². The molecule has 0 bridgehead atoms. The minimum absolute atomic E-state index is 0.256. The molecule has 0 amide bonds. The fraction of sp³-hybridized carbons (Fsp3) is 0.444. The van der Waals surface area contributed by atoms with Gasteiger partial charge >= 0.3 is 5.63 Å². The minimum Gasteiger partial charge on any atom is -0.428 e. The zero-order valence-electron chi connectivity index (χ0n) is 7.05. The van der Waals surface area contributed by atoms with E-state index in [1.54, 1.807) is 0 Å². The highest BCUT2D eigenvalue weighted by atomic mass is 16.4. The van der Waals surface area contributed by atoms with E-state index in [1.165, 1.54) is 6.07 Å². The normalized spacial score (nSPS) is 10.5. The van der Waals surface area contributed by atoms with Crippen LogP contribution in [0.3, 0.4) is 0 Å². The van der Waals surface area contributed by atoms with Gasteiger partial charge in [0.2, 0.25) is 0 Å². The molecule has 11 heavy (non-hydrogen) atoms. The largest absolute Gasteiger partial charge is 0.428 e. The quantitative estimate of drug-likeness (QED) is 0.616. The summed E-state index contributed by atoms with van der Waals surface area (Å²) < 4.78 is 4.96. The molecule has 2 heteroatoms. The van der Waals surface area contributed by atoms with Gasteiger partial charge in [-0.25, -0.2) is 4.79 Å². The van der Waals surface area contributed by atoms with Gasteiger partial charge in [-0.1, -0.05) is 13.8 Å². The summed E-state index contributed by atoms with van der Waals surface area (Å²) in [5.74, 6) is 1.04. The Kier molecular flexibility index (Phi) is 2.13. The molecule has 0 saturated carbocycles. The van der Waals surface area contributed by atoms with Crippen molar-refractivity contribution < 1.29 is 4.42 Å². The van der Waals surface area contributed by atoms with Crippen molar-refractivity contribution in [1.29, 1.82) is 0 Å². The number of hydrogen-bond acceptors (Lipinski definition) is 2. The van der Waals surface area contributed by atoms with E-state index in [9.17, 15) is 4.79 Å². The van der Waals surface area contributed by atoms with Gasteiger partial charge in [-0.15, -0.1) is 0 Å². The molecule has 0 aromatic carbocycles. The third-order valence-electron chi connectivity index (χ3n) is 1.50. The first-order valence-corrected chi connectivity index (χ1v) is 3.71. The van der Waals surface area contributed by atoms with Gasteiger partial charge in [-0.3, -0.25) is 0 Å². The van der Waals surface area contributed by atoms with Crippen LogP contribution in [0.15, 0.2) is 21.3 Å². The lowest BCUT2D eigenvalue weighted by molar-refractivity contribution is 0.439. The van der Waals surface area contributed by atoms with E-state index in [4.69, 9.17) is 4.42 Å². The van der Waals surface area contributed by atoms with Crippen LogP contribution in [0.1, 0.15) is 31.1 Å². The molecule has 0 radical (unpaired) electrons. The Labute approximate surface area is 65.9 Å². The zero-order chi connectivity index (χ0) is 8.43. The van der Waals surface area contributed by atoms with Crippen LogP contribution in [-0.2, 0) is 0 Å². The van der Waals surface area contributed by atoms with Gasteiger partial charge in [0.05, 0.1) is 0 Å². The summed E-state index contributed by atoms with van der Waals surface area (Å²) in [6, 6.07) is 3.39. The first kappa shape index (κ1) is 8.05. The van der Waals surface area contributed by atoms with Gasteiger partial charge < -0.3 is 4.42 Å². The molecule has 0 unspecified atom stereocenters. The lowest BCUT2D eigenvalue weighted by Crippen LogP contribution is -2.01. The van der Waals surface area contributed by atoms with Crippen LogP contribution in [-0.4, -0.2) is 0 Å². The molecule has 60 valence electrons. The maximum atomic E-state index is 10.8. The second kappa shape index (κ2) is 2.91. The van der Waals surface area contributed by atoms with Gasteiger partial charge in [-0.2, -0.15) is 0 Å². The highest BCUT2D eigenvalue weighted by molar-refractivity contribution is 5.13. The number of aryl methyl sites for hydroxylation is 1. The molecule has 2 nitrogen and oxygen atoms in total. The Balaban J connectivity index is 3.19. The SMILES string of the molecule is Cc1cc(C(C)C)oc(=O)c1. The molecule has 0 saturated heterocycles. The molecule has 0 fully saturated rings. The van der Waals surface area contributed by atoms with Crippen LogP contribution >= 0.6 is 0 Å². The molecule has 0 aliphatic rings. The van der Waals surface area contributed by atoms with E-state index in [2.05, 4.69) is 0 Å². The van der Waals surface area contributed by atoms with Crippen LogP contribution in [0, 0.1) is 6.92 Å². The van der Waals surface area contributed by atoms with Crippen molar-refractivity contribution in [3.63, 3.8) is 0 Å². The Morgan fingerprint density at radius 1 is 1.36 bits per heavy atom. The molecule has 0 atom stereocenters. The van der Waals surface area contributed by atoms with Gasteiger partial charge in [0.25, 0.3) is 0 Å². The molecule has 1 aromatic heterocycles. The van der Waals surface area contributed by atoms with E-state index in [0.717, 1.165) is 11.3 Å². The number of hydrogen-bond donors (Lipinski definition) is 0. The van der Waals surface area contributed by atoms with E-state index in [-0.39, 0.29) is 11.5 Å². The van der Waals surface area contributed by atoms with Gasteiger partial charge in [0.1, 0.15) is 5.76 Å². The number of rotatable bonds is 1. The molecule has 1 rings (SSSR count). The molecule has 0 N–H and O–H groups in total. The van der Waals surface area contributed by atoms with Gasteiger partial charge in [-0.05, 0) is 18.6 Å². The summed E-state index contributed by atoms with van der Waals surface area (Å²) >= 11 is 0. The van der Waals surface area contributed by atoms with Crippen molar-refractivity contribution in [2.45, 2.75) is 26.7 Å². The monoisotopic (exact) mass is 152 g/mol. The first-order valence-electron chi connectivity index (χ1n) is 3.71. The Hall–Kier alpha value is -1.05. The molecule has 0 aliphatic heterocycles. The van der Waals surface area contributed by atoms with Crippen LogP contribution in [0.4, 0.5) is 0 Å². The Morgan fingerprint density at radius 3 is 2.45 bits per heavy atom. The highest BCUT2D eigenvalue weighted by Crippen LogP contribution is 2.12. The average molecular weight is 152 g/mol. The summed E-state index contributed by atoms with van der Waals surface area (Å²) in [6.07, 6.45) is 0. The van der Waals surface area contributed by atoms with Gasteiger partial charge in [0.15, 0.2) is 0 Å². The van der Waals surface area contributed by atoms with Gasteiger partial charge in [0, 0.05) is 12.0 Å².